The topological polar surface area (TPSA) is 50.5 Å². The maximum atomic E-state index is 4.20. The minimum Gasteiger partial charge on any atom is -0.368 e. The van der Waals surface area contributed by atoms with E-state index in [1.807, 2.05) is 18.2 Å². The van der Waals surface area contributed by atoms with Gasteiger partial charge in [0.1, 0.15) is 0 Å². The molecule has 1 fully saturated rings. The van der Waals surface area contributed by atoms with Gasteiger partial charge in [-0.3, -0.25) is 0 Å². The molecule has 0 atom stereocenters. The summed E-state index contributed by atoms with van der Waals surface area (Å²) in [6.45, 7) is 3.28. The van der Waals surface area contributed by atoms with E-state index >= 15 is 0 Å². The zero-order valence-electron chi connectivity index (χ0n) is 9.82. The third-order valence-electron chi connectivity index (χ3n) is 3.43. The second-order valence-corrected chi connectivity index (χ2v) is 4.64. The number of rotatable bonds is 2. The molecule has 1 aromatic carbocycles. The highest BCUT2D eigenvalue weighted by atomic mass is 15.3. The number of hydrogen-bond donors (Lipinski definition) is 2. The fraction of sp³-hybridized carbons (Fsp3) is 0.462. The largest absolute Gasteiger partial charge is 0.368 e. The average molecular weight is 229 g/mol. The van der Waals surface area contributed by atoms with E-state index in [1.54, 1.807) is 0 Å². The molecule has 0 amide bonds. The predicted molar refractivity (Wildman–Crippen MR) is 68.4 cm³/mol. The Labute approximate surface area is 101 Å². The number of piperidine rings is 1. The Balaban J connectivity index is 1.59. The van der Waals surface area contributed by atoms with Gasteiger partial charge in [-0.1, -0.05) is 12.1 Å². The minimum absolute atomic E-state index is 0.756. The predicted octanol–water partition coefficient (Wildman–Crippen LogP) is 1.19. The van der Waals surface area contributed by atoms with Gasteiger partial charge >= 0.3 is 0 Å². The molecule has 4 nitrogen and oxygen atoms in total. The molecule has 0 aliphatic carbocycles. The maximum absolute atomic E-state index is 4.20. The molecule has 2 aliphatic heterocycles. The van der Waals surface area contributed by atoms with Crippen LogP contribution in [0, 0.1) is 5.92 Å². The Hall–Kier alpha value is -1.55. The number of amidine groups is 1. The molecule has 0 spiro atoms. The third kappa shape index (κ3) is 2.26. The van der Waals surface area contributed by atoms with Crippen molar-refractivity contribution >= 4 is 11.5 Å². The molecule has 0 bridgehead atoms. The summed E-state index contributed by atoms with van der Waals surface area (Å²) in [5.41, 5.74) is 6.26. The molecular formula is C13H17N4. The third-order valence-corrected chi connectivity index (χ3v) is 3.43. The monoisotopic (exact) mass is 229 g/mol. The van der Waals surface area contributed by atoms with Gasteiger partial charge in [-0.05, 0) is 44.0 Å². The smallest absolute Gasteiger partial charge is 0.158 e. The van der Waals surface area contributed by atoms with Gasteiger partial charge in [0.15, 0.2) is 5.84 Å². The lowest BCUT2D eigenvalue weighted by atomic mass is 9.98. The maximum Gasteiger partial charge on any atom is 0.158 e. The molecule has 4 heteroatoms. The van der Waals surface area contributed by atoms with Gasteiger partial charge in [0.25, 0.3) is 0 Å². The zero-order valence-corrected chi connectivity index (χ0v) is 9.82. The second-order valence-electron chi connectivity index (χ2n) is 4.64. The number of hydrogen-bond acceptors (Lipinski definition) is 3. The van der Waals surface area contributed by atoms with Crippen LogP contribution in [0.3, 0.4) is 0 Å². The van der Waals surface area contributed by atoms with E-state index in [9.17, 15) is 0 Å². The number of nitrogens with zero attached hydrogens (tertiary/aromatic N) is 2. The van der Waals surface area contributed by atoms with Crippen molar-refractivity contribution in [1.82, 2.24) is 16.1 Å². The van der Waals surface area contributed by atoms with Crippen LogP contribution in [0.15, 0.2) is 29.4 Å². The lowest BCUT2D eigenvalue weighted by Gasteiger charge is -2.23. The van der Waals surface area contributed by atoms with Crippen molar-refractivity contribution in [1.29, 1.82) is 0 Å². The highest BCUT2D eigenvalue weighted by Gasteiger charge is 2.18. The summed E-state index contributed by atoms with van der Waals surface area (Å²) in [7, 11) is 0. The minimum atomic E-state index is 0.756. The standard InChI is InChI=1S/C13H17N4/c1-2-4-12-11(3-1)13(17-16-12)15-9-10-5-7-14-8-6-10/h1-4,10,14H,5-9H2,(H,15,17). The summed E-state index contributed by atoms with van der Waals surface area (Å²) in [6.07, 6.45) is 2.50. The van der Waals surface area contributed by atoms with E-state index < -0.39 is 0 Å². The molecule has 2 N–H and O–H groups in total. The summed E-state index contributed by atoms with van der Waals surface area (Å²) in [4.78, 5) is 0. The van der Waals surface area contributed by atoms with Crippen molar-refractivity contribution in [2.45, 2.75) is 12.8 Å². The average Bonchev–Trinajstić information content (AvgIpc) is 2.81. The Morgan fingerprint density at radius 2 is 2.06 bits per heavy atom. The van der Waals surface area contributed by atoms with Crippen molar-refractivity contribution < 1.29 is 0 Å². The van der Waals surface area contributed by atoms with Gasteiger partial charge in [0.05, 0.1) is 5.69 Å². The first kappa shape index (κ1) is 10.6. The van der Waals surface area contributed by atoms with Crippen LogP contribution in [-0.2, 0) is 0 Å². The van der Waals surface area contributed by atoms with Crippen molar-refractivity contribution in [3.63, 3.8) is 0 Å². The highest BCUT2D eigenvalue weighted by Crippen LogP contribution is 2.21. The van der Waals surface area contributed by atoms with E-state index in [4.69, 9.17) is 0 Å². The number of fused-ring (bicyclic) bond motifs is 1. The van der Waals surface area contributed by atoms with E-state index in [0.29, 0.717) is 0 Å². The summed E-state index contributed by atoms with van der Waals surface area (Å²) in [5.74, 6) is 1.69. The fourth-order valence-corrected chi connectivity index (χ4v) is 2.38. The summed E-state index contributed by atoms with van der Waals surface area (Å²) < 4.78 is 0. The van der Waals surface area contributed by atoms with Crippen molar-refractivity contribution in [2.24, 2.45) is 11.0 Å². The second kappa shape index (κ2) is 4.75. The Morgan fingerprint density at radius 3 is 2.94 bits per heavy atom. The van der Waals surface area contributed by atoms with E-state index in [-0.39, 0.29) is 0 Å². The Kier molecular flexibility index (Phi) is 2.96. The molecule has 3 rings (SSSR count). The van der Waals surface area contributed by atoms with Gasteiger partial charge in [-0.15, -0.1) is 10.5 Å². The van der Waals surface area contributed by atoms with Crippen molar-refractivity contribution in [2.75, 3.05) is 19.6 Å². The first-order valence-corrected chi connectivity index (χ1v) is 6.26. The first-order chi connectivity index (χ1) is 8.43. The van der Waals surface area contributed by atoms with Crippen LogP contribution < -0.4 is 16.1 Å². The Morgan fingerprint density at radius 1 is 1.24 bits per heavy atom. The molecule has 2 heterocycles. The fourth-order valence-electron chi connectivity index (χ4n) is 2.38. The van der Waals surface area contributed by atoms with E-state index in [2.05, 4.69) is 27.2 Å². The highest BCUT2D eigenvalue weighted by molar-refractivity contribution is 6.04. The molecule has 2 aliphatic rings. The number of benzene rings is 1. The van der Waals surface area contributed by atoms with Gasteiger partial charge in [0.2, 0.25) is 0 Å². The zero-order chi connectivity index (χ0) is 11.5. The quantitative estimate of drug-likeness (QED) is 0.800. The summed E-state index contributed by atoms with van der Waals surface area (Å²) in [6, 6.07) is 8.09. The van der Waals surface area contributed by atoms with E-state index in [0.717, 1.165) is 42.6 Å². The summed E-state index contributed by atoms with van der Waals surface area (Å²) >= 11 is 0. The molecule has 1 aromatic rings. The normalized spacial score (nSPS) is 19.4. The van der Waals surface area contributed by atoms with E-state index in [1.165, 1.54) is 12.8 Å². The van der Waals surface area contributed by atoms with Gasteiger partial charge in [0, 0.05) is 12.1 Å². The van der Waals surface area contributed by atoms with Gasteiger partial charge in [-0.25, -0.2) is 0 Å². The van der Waals surface area contributed by atoms with Crippen LogP contribution in [0.1, 0.15) is 18.4 Å². The van der Waals surface area contributed by atoms with Crippen LogP contribution in [0.5, 0.6) is 0 Å². The lowest BCUT2D eigenvalue weighted by Crippen LogP contribution is -2.35. The van der Waals surface area contributed by atoms with Crippen LogP contribution in [0.25, 0.3) is 0 Å². The molecule has 0 unspecified atom stereocenters. The molecule has 0 aromatic heterocycles. The van der Waals surface area contributed by atoms with Crippen molar-refractivity contribution in [3.05, 3.63) is 29.8 Å². The van der Waals surface area contributed by atoms with Gasteiger partial charge < -0.3 is 10.6 Å². The Bertz CT molecular complexity index is 421. The van der Waals surface area contributed by atoms with Gasteiger partial charge in [-0.2, -0.15) is 0 Å². The molecule has 1 radical (unpaired) electrons. The molecule has 0 saturated carbocycles. The first-order valence-electron chi connectivity index (χ1n) is 6.26. The van der Waals surface area contributed by atoms with Crippen LogP contribution >= 0.6 is 0 Å². The van der Waals surface area contributed by atoms with Crippen LogP contribution in [0.2, 0.25) is 0 Å². The molecule has 17 heavy (non-hydrogen) atoms. The molecule has 89 valence electrons. The summed E-state index contributed by atoms with van der Waals surface area (Å²) in [5, 5.41) is 11.0. The lowest BCUT2D eigenvalue weighted by molar-refractivity contribution is 0.372. The SMILES string of the molecule is c1ccc2c(c1)[N]N=C2NCC1CCNCC1. The van der Waals surface area contributed by atoms with Crippen molar-refractivity contribution in [3.8, 4) is 0 Å². The van der Waals surface area contributed by atoms with Crippen LogP contribution in [0.4, 0.5) is 5.69 Å². The molecular weight excluding hydrogens is 212 g/mol. The number of nitrogens with one attached hydrogen (secondary N) is 2. The molecule has 1 saturated heterocycles. The van der Waals surface area contributed by atoms with Crippen LogP contribution in [-0.4, -0.2) is 25.5 Å².